The molecule has 1 aromatic carbocycles. The molecule has 4 heteroatoms. The average Bonchev–Trinajstić information content (AvgIpc) is 2.39. The van der Waals surface area contributed by atoms with E-state index >= 15 is 0 Å². The van der Waals surface area contributed by atoms with Crippen molar-refractivity contribution in [2.75, 3.05) is 0 Å². The Balaban J connectivity index is 3.37. The van der Waals surface area contributed by atoms with Crippen LogP contribution in [0.5, 0.6) is 0 Å². The van der Waals surface area contributed by atoms with Crippen LogP contribution in [0, 0.1) is 0 Å². The molecule has 0 aliphatic carbocycles. The number of hydrogen-bond donors (Lipinski definition) is 0. The highest BCUT2D eigenvalue weighted by atomic mass is 31.1. The molecule has 0 bridgehead atoms. The van der Waals surface area contributed by atoms with E-state index in [0.29, 0.717) is 20.6 Å². The second kappa shape index (κ2) is 9.20. The Hall–Kier alpha value is 0.940. The lowest BCUT2D eigenvalue weighted by Gasteiger charge is -2.43. The third kappa shape index (κ3) is 7.57. The van der Waals surface area contributed by atoms with Crippen LogP contribution in [-0.4, -0.2) is 20.6 Å². The molecule has 0 aromatic heterocycles. The van der Waals surface area contributed by atoms with E-state index in [0.717, 1.165) is 0 Å². The SMILES string of the molecule is CC(C)(C)P(Cc1cc(CP(C(C)(C)C)C(C)(C)C)c(P)cc1P)C(C)(C)C. The first-order valence-corrected chi connectivity index (χ1v) is 14.7. The molecule has 0 spiro atoms. The van der Waals surface area contributed by atoms with E-state index in [1.807, 2.05) is 0 Å². The Morgan fingerprint density at radius 3 is 1.00 bits per heavy atom. The van der Waals surface area contributed by atoms with E-state index in [2.05, 4.69) is 114 Å². The summed E-state index contributed by atoms with van der Waals surface area (Å²) < 4.78 is 0. The highest BCUT2D eigenvalue weighted by molar-refractivity contribution is 7.60. The van der Waals surface area contributed by atoms with Crippen molar-refractivity contribution < 1.29 is 0 Å². The second-order valence-electron chi connectivity index (χ2n) is 12.1. The van der Waals surface area contributed by atoms with Gasteiger partial charge in [-0.3, -0.25) is 0 Å². The summed E-state index contributed by atoms with van der Waals surface area (Å²) in [5, 5.41) is 4.18. The van der Waals surface area contributed by atoms with Crippen molar-refractivity contribution in [1.29, 1.82) is 0 Å². The molecule has 0 saturated carbocycles. The van der Waals surface area contributed by atoms with Gasteiger partial charge in [0.15, 0.2) is 0 Å². The molecule has 0 aliphatic heterocycles. The maximum Gasteiger partial charge on any atom is -0.00574 e. The summed E-state index contributed by atoms with van der Waals surface area (Å²) in [6, 6.07) is 4.93. The number of rotatable bonds is 4. The molecular formula is C24H46P4. The molecule has 1 rings (SSSR count). The van der Waals surface area contributed by atoms with Gasteiger partial charge >= 0.3 is 0 Å². The maximum absolute atomic E-state index is 3.01. The lowest BCUT2D eigenvalue weighted by atomic mass is 10.1. The molecule has 0 fully saturated rings. The Kier molecular flexibility index (Phi) is 8.87. The molecule has 0 saturated heterocycles. The summed E-state index contributed by atoms with van der Waals surface area (Å²) in [7, 11) is 5.75. The average molecular weight is 459 g/mol. The summed E-state index contributed by atoms with van der Waals surface area (Å²) in [6.07, 6.45) is 2.42. The minimum absolute atomic E-state index is 0.138. The third-order valence-electron chi connectivity index (χ3n) is 5.30. The van der Waals surface area contributed by atoms with Gasteiger partial charge in [-0.15, -0.1) is 18.5 Å². The summed E-state index contributed by atoms with van der Waals surface area (Å²) in [4.78, 5) is 0. The van der Waals surface area contributed by atoms with Crippen molar-refractivity contribution in [3.63, 3.8) is 0 Å². The first-order chi connectivity index (χ1) is 12.2. The molecule has 2 atom stereocenters. The van der Waals surface area contributed by atoms with Crippen molar-refractivity contribution in [3.05, 3.63) is 23.3 Å². The van der Waals surface area contributed by atoms with E-state index in [9.17, 15) is 0 Å². The zero-order valence-corrected chi connectivity index (χ0v) is 24.7. The highest BCUT2D eigenvalue weighted by Crippen LogP contribution is 2.62. The predicted octanol–water partition coefficient (Wildman–Crippen LogP) is 7.85. The molecule has 0 radical (unpaired) electrons. The minimum Gasteiger partial charge on any atom is -0.105 e. The molecule has 0 aliphatic rings. The molecule has 0 amide bonds. The molecular weight excluding hydrogens is 412 g/mol. The lowest BCUT2D eigenvalue weighted by molar-refractivity contribution is 0.702. The molecule has 1 aromatic rings. The van der Waals surface area contributed by atoms with Crippen molar-refractivity contribution >= 4 is 44.9 Å². The first-order valence-electron chi connectivity index (χ1n) is 10.5. The van der Waals surface area contributed by atoms with Crippen LogP contribution in [-0.2, 0) is 12.3 Å². The van der Waals surface area contributed by atoms with E-state index < -0.39 is 0 Å². The van der Waals surface area contributed by atoms with E-state index in [-0.39, 0.29) is 15.8 Å². The lowest BCUT2D eigenvalue weighted by Crippen LogP contribution is -2.28. The largest absolute Gasteiger partial charge is 0.105 e. The zero-order chi connectivity index (χ0) is 22.3. The van der Waals surface area contributed by atoms with Crippen LogP contribution in [0.15, 0.2) is 12.1 Å². The van der Waals surface area contributed by atoms with Gasteiger partial charge in [0.1, 0.15) is 0 Å². The van der Waals surface area contributed by atoms with Crippen LogP contribution in [0.3, 0.4) is 0 Å². The predicted molar refractivity (Wildman–Crippen MR) is 145 cm³/mol. The molecule has 28 heavy (non-hydrogen) atoms. The van der Waals surface area contributed by atoms with Crippen molar-refractivity contribution in [1.82, 2.24) is 0 Å². The summed E-state index contributed by atoms with van der Waals surface area (Å²) in [5.41, 5.74) is 3.08. The quantitative estimate of drug-likeness (QED) is 0.403. The first kappa shape index (κ1) is 27.0. The van der Waals surface area contributed by atoms with Gasteiger partial charge in [-0.25, -0.2) is 0 Å². The van der Waals surface area contributed by atoms with Crippen LogP contribution >= 0.6 is 34.3 Å². The van der Waals surface area contributed by atoms with Gasteiger partial charge in [0, 0.05) is 0 Å². The number of hydrogen-bond acceptors (Lipinski definition) is 0. The summed E-state index contributed by atoms with van der Waals surface area (Å²) in [5.74, 6) is 0. The fourth-order valence-electron chi connectivity index (χ4n) is 4.31. The maximum atomic E-state index is 3.01. The van der Waals surface area contributed by atoms with Gasteiger partial charge in [0.2, 0.25) is 0 Å². The monoisotopic (exact) mass is 458 g/mol. The van der Waals surface area contributed by atoms with Crippen molar-refractivity contribution in [3.8, 4) is 0 Å². The van der Waals surface area contributed by atoms with Crippen molar-refractivity contribution in [2.24, 2.45) is 0 Å². The minimum atomic E-state index is -0.138. The second-order valence-corrected chi connectivity index (χ2v) is 21.1. The standard InChI is InChI=1S/C24H46P4/c1-21(2,3)27(22(4,5)6)15-17-13-18(20(26)14-19(17)25)16-28(23(7,8)9)24(10,11)12/h13-14H,15-16,25-26H2,1-12H3. The van der Waals surface area contributed by atoms with Gasteiger partial charge in [0.05, 0.1) is 0 Å². The van der Waals surface area contributed by atoms with E-state index in [1.165, 1.54) is 22.9 Å². The van der Waals surface area contributed by atoms with Crippen LogP contribution in [0.1, 0.15) is 94.2 Å². The Labute approximate surface area is 184 Å². The van der Waals surface area contributed by atoms with Gasteiger partial charge in [0.25, 0.3) is 0 Å². The Bertz CT molecular complexity index is 581. The summed E-state index contributed by atoms with van der Waals surface area (Å²) >= 11 is 0. The van der Waals surface area contributed by atoms with Crippen LogP contribution < -0.4 is 10.6 Å². The molecule has 2 unspecified atom stereocenters. The van der Waals surface area contributed by atoms with Gasteiger partial charge in [-0.1, -0.05) is 105 Å². The Morgan fingerprint density at radius 1 is 0.536 bits per heavy atom. The normalized spacial score (nSPS) is 14.3. The van der Waals surface area contributed by atoms with Crippen molar-refractivity contribution in [2.45, 2.75) is 116 Å². The fourth-order valence-corrected chi connectivity index (χ4v) is 12.7. The van der Waals surface area contributed by atoms with Crippen LogP contribution in [0.25, 0.3) is 0 Å². The Morgan fingerprint density at radius 2 is 0.786 bits per heavy atom. The van der Waals surface area contributed by atoms with E-state index in [4.69, 9.17) is 0 Å². The topological polar surface area (TPSA) is 0 Å². The fraction of sp³-hybridized carbons (Fsp3) is 0.750. The van der Waals surface area contributed by atoms with Gasteiger partial charge < -0.3 is 0 Å². The van der Waals surface area contributed by atoms with Crippen LogP contribution in [0.2, 0.25) is 0 Å². The highest BCUT2D eigenvalue weighted by Gasteiger charge is 2.36. The van der Waals surface area contributed by atoms with Gasteiger partial charge in [-0.2, -0.15) is 0 Å². The number of benzene rings is 1. The molecule has 0 heterocycles. The molecule has 162 valence electrons. The molecule has 0 N–H and O–H groups in total. The van der Waals surface area contributed by atoms with Gasteiger partial charge in [-0.05, 0) is 60.8 Å². The summed E-state index contributed by atoms with van der Waals surface area (Å²) in [6.45, 7) is 29.1. The zero-order valence-electron chi connectivity index (χ0n) is 20.6. The van der Waals surface area contributed by atoms with E-state index in [1.54, 1.807) is 11.1 Å². The smallest absolute Gasteiger partial charge is 0.00574 e. The van der Waals surface area contributed by atoms with Crippen LogP contribution in [0.4, 0.5) is 0 Å². The third-order valence-corrected chi connectivity index (χ3v) is 14.2. The molecule has 0 nitrogen and oxygen atoms in total.